The molecule has 5 rings (SSSR count). The monoisotopic (exact) mass is 605 g/mol. The van der Waals surface area contributed by atoms with Gasteiger partial charge in [0.1, 0.15) is 11.7 Å². The molecule has 2 aliphatic rings. The number of aldehydes is 1. The molecule has 6 heteroatoms. The van der Waals surface area contributed by atoms with Gasteiger partial charge in [0.05, 0.1) is 10.1 Å². The summed E-state index contributed by atoms with van der Waals surface area (Å²) in [5.74, 6) is 6.67. The van der Waals surface area contributed by atoms with Crippen LogP contribution in [0.15, 0.2) is 96.9 Å². The number of thiophene rings is 1. The van der Waals surface area contributed by atoms with Crippen LogP contribution in [0, 0.1) is 18.8 Å². The van der Waals surface area contributed by atoms with E-state index < -0.39 is 0 Å². The second-order valence-corrected chi connectivity index (χ2v) is 13.4. The second-order valence-electron chi connectivity index (χ2n) is 11.0. The predicted octanol–water partition coefficient (Wildman–Crippen LogP) is 8.51. The number of hydrogen-bond donors (Lipinski definition) is 2. The lowest BCUT2D eigenvalue weighted by Crippen LogP contribution is -2.23. The van der Waals surface area contributed by atoms with Crippen molar-refractivity contribution in [3.8, 4) is 11.8 Å². The van der Waals surface area contributed by atoms with Gasteiger partial charge in [-0.15, -0.1) is 23.1 Å². The van der Waals surface area contributed by atoms with Gasteiger partial charge in [-0.1, -0.05) is 68.3 Å². The topological polar surface area (TPSA) is 58.4 Å². The Morgan fingerprint density at radius 1 is 1.16 bits per heavy atom. The van der Waals surface area contributed by atoms with Gasteiger partial charge in [-0.3, -0.25) is 4.79 Å². The van der Waals surface area contributed by atoms with E-state index in [1.54, 1.807) is 11.3 Å². The van der Waals surface area contributed by atoms with Crippen molar-refractivity contribution in [2.75, 3.05) is 17.2 Å². The number of allylic oxidation sites excluding steroid dienone is 5. The lowest BCUT2D eigenvalue weighted by molar-refractivity contribution is 0.112. The Labute approximate surface area is 264 Å². The van der Waals surface area contributed by atoms with Crippen LogP contribution in [0.1, 0.15) is 68.4 Å². The van der Waals surface area contributed by atoms with Crippen LogP contribution in [-0.4, -0.2) is 18.1 Å². The molecule has 43 heavy (non-hydrogen) atoms. The largest absolute Gasteiger partial charge is 0.398 e. The Balaban J connectivity index is 1.30. The third-order valence-corrected chi connectivity index (χ3v) is 10.6. The Morgan fingerprint density at radius 2 is 2.02 bits per heavy atom. The third-order valence-electron chi connectivity index (χ3n) is 7.87. The van der Waals surface area contributed by atoms with Gasteiger partial charge in [0, 0.05) is 51.7 Å². The molecule has 220 valence electrons. The van der Waals surface area contributed by atoms with Gasteiger partial charge in [0.2, 0.25) is 0 Å². The number of thioether (sulfide) groups is 1. The number of nitrogen functional groups attached to an aromatic ring is 1. The predicted molar refractivity (Wildman–Crippen MR) is 186 cm³/mol. The summed E-state index contributed by atoms with van der Waals surface area (Å²) < 4.78 is 0. The molecular formula is C37H39N3OS2. The van der Waals surface area contributed by atoms with Crippen molar-refractivity contribution >= 4 is 40.8 Å². The zero-order valence-electron chi connectivity index (χ0n) is 25.0. The summed E-state index contributed by atoms with van der Waals surface area (Å²) in [6.07, 6.45) is 12.1. The number of carbonyl (C=O) groups is 1. The molecule has 2 aromatic carbocycles. The van der Waals surface area contributed by atoms with Crippen LogP contribution in [0.25, 0.3) is 0 Å². The van der Waals surface area contributed by atoms with Crippen LogP contribution in [0.3, 0.4) is 0 Å². The lowest BCUT2D eigenvalue weighted by atomic mass is 9.99. The van der Waals surface area contributed by atoms with E-state index in [4.69, 9.17) is 5.73 Å². The first-order valence-electron chi connectivity index (χ1n) is 14.8. The summed E-state index contributed by atoms with van der Waals surface area (Å²) >= 11 is 3.59. The second kappa shape index (κ2) is 14.0. The van der Waals surface area contributed by atoms with Crippen LogP contribution in [-0.2, 0) is 12.8 Å². The summed E-state index contributed by atoms with van der Waals surface area (Å²) in [7, 11) is 0. The minimum Gasteiger partial charge on any atom is -0.398 e. The number of nitrogens with zero attached hydrogens (tertiary/aromatic N) is 1. The van der Waals surface area contributed by atoms with Crippen molar-refractivity contribution in [1.29, 1.82) is 0 Å². The molecule has 1 aliphatic carbocycles. The molecule has 1 saturated heterocycles. The van der Waals surface area contributed by atoms with Crippen molar-refractivity contribution in [1.82, 2.24) is 5.32 Å². The lowest BCUT2D eigenvalue weighted by Gasteiger charge is -2.26. The van der Waals surface area contributed by atoms with Crippen molar-refractivity contribution in [2.45, 2.75) is 56.6 Å². The first-order valence-corrected chi connectivity index (χ1v) is 16.6. The first-order chi connectivity index (χ1) is 20.9. The average molecular weight is 606 g/mol. The maximum Gasteiger partial charge on any atom is 0.150 e. The van der Waals surface area contributed by atoms with E-state index in [1.165, 1.54) is 21.6 Å². The number of rotatable bonds is 10. The van der Waals surface area contributed by atoms with Gasteiger partial charge >= 0.3 is 0 Å². The van der Waals surface area contributed by atoms with E-state index in [9.17, 15) is 4.79 Å². The van der Waals surface area contributed by atoms with Crippen LogP contribution in [0.5, 0.6) is 0 Å². The highest BCUT2D eigenvalue weighted by Gasteiger charge is 2.38. The minimum absolute atomic E-state index is 0.0291. The Kier molecular flexibility index (Phi) is 9.97. The van der Waals surface area contributed by atoms with Crippen molar-refractivity contribution < 1.29 is 4.79 Å². The molecule has 2 unspecified atom stereocenters. The highest BCUT2D eigenvalue weighted by atomic mass is 32.2. The summed E-state index contributed by atoms with van der Waals surface area (Å²) in [4.78, 5) is 16.1. The van der Waals surface area contributed by atoms with Gasteiger partial charge in [-0.2, -0.15) is 0 Å². The summed E-state index contributed by atoms with van der Waals surface area (Å²) in [5.41, 5.74) is 15.7. The number of aryl methyl sites for hydroxylation is 2. The zero-order chi connectivity index (χ0) is 30.3. The van der Waals surface area contributed by atoms with Gasteiger partial charge in [0.25, 0.3) is 0 Å². The Hall–Kier alpha value is -3.92. The molecule has 0 spiro atoms. The maximum absolute atomic E-state index is 11.6. The van der Waals surface area contributed by atoms with Crippen molar-refractivity contribution in [2.24, 2.45) is 0 Å². The molecule has 2 heterocycles. The fourth-order valence-electron chi connectivity index (χ4n) is 5.50. The van der Waals surface area contributed by atoms with E-state index in [0.717, 1.165) is 78.2 Å². The number of nitrogens with two attached hydrogens (primary N) is 1. The standard InChI is InChI=1S/C37H39N3OS2/c1-5-30-23-34(38)31(20-25(30)2)18-19-39-26(3)21-36-27(4)40(32-13-9-12-29(22-32)24-41)37(43-36)35-17-16-33(42-35)15-14-28-10-7-6-8-11-28/h7,9-13,16-17,20,22-24,36-37,39H,3-6,8,18-19,21,38H2,1-2H3. The van der Waals surface area contributed by atoms with Crippen molar-refractivity contribution in [3.63, 3.8) is 0 Å². The maximum atomic E-state index is 11.6. The van der Waals surface area contributed by atoms with E-state index in [2.05, 4.69) is 91.6 Å². The third kappa shape index (κ3) is 7.36. The molecule has 0 bridgehead atoms. The molecule has 0 radical (unpaired) electrons. The average Bonchev–Trinajstić information content (AvgIpc) is 3.62. The van der Waals surface area contributed by atoms with E-state index in [-0.39, 0.29) is 10.6 Å². The zero-order valence-corrected chi connectivity index (χ0v) is 26.6. The molecule has 2 atom stereocenters. The Morgan fingerprint density at radius 3 is 2.79 bits per heavy atom. The molecule has 3 N–H and O–H groups in total. The summed E-state index contributed by atoms with van der Waals surface area (Å²) in [6.45, 7) is 14.0. The van der Waals surface area contributed by atoms with E-state index in [1.807, 2.05) is 36.0 Å². The number of hydrogen-bond acceptors (Lipinski definition) is 6. The smallest absolute Gasteiger partial charge is 0.150 e. The number of nitrogens with one attached hydrogen (secondary N) is 1. The molecule has 3 aromatic rings. The molecule has 1 aromatic heterocycles. The normalized spacial score (nSPS) is 17.8. The molecule has 0 amide bonds. The van der Waals surface area contributed by atoms with Crippen LogP contribution < -0.4 is 16.0 Å². The SMILES string of the molecule is C=C(CC1SC(c2ccc(C#CC3=CCCC=C3)s2)N(c2cccc(C=O)c2)C1=C)NCCc1cc(C)c(CC)cc1N. The van der Waals surface area contributed by atoms with E-state index in [0.29, 0.717) is 5.56 Å². The van der Waals surface area contributed by atoms with Crippen LogP contribution in [0.2, 0.25) is 0 Å². The van der Waals surface area contributed by atoms with Gasteiger partial charge in [0.15, 0.2) is 0 Å². The summed E-state index contributed by atoms with van der Waals surface area (Å²) in [5, 5.41) is 3.70. The van der Waals surface area contributed by atoms with Crippen LogP contribution >= 0.6 is 23.1 Å². The van der Waals surface area contributed by atoms with Crippen molar-refractivity contribution in [3.05, 3.63) is 129 Å². The van der Waals surface area contributed by atoms with Gasteiger partial charge in [-0.25, -0.2) is 0 Å². The molecule has 0 saturated carbocycles. The fourth-order valence-corrected chi connectivity index (χ4v) is 8.12. The fraction of sp³-hybridized carbons (Fsp3) is 0.270. The number of carbonyl (C=O) groups excluding carboxylic acids is 1. The number of benzene rings is 2. The van der Waals surface area contributed by atoms with E-state index >= 15 is 0 Å². The van der Waals surface area contributed by atoms with Gasteiger partial charge < -0.3 is 16.0 Å². The highest BCUT2D eigenvalue weighted by Crippen LogP contribution is 2.52. The molecule has 1 fully saturated rings. The van der Waals surface area contributed by atoms with Crippen LogP contribution in [0.4, 0.5) is 11.4 Å². The summed E-state index contributed by atoms with van der Waals surface area (Å²) in [6, 6.07) is 16.4. The van der Waals surface area contributed by atoms with Gasteiger partial charge in [-0.05, 0) is 79.6 Å². The molecule has 4 nitrogen and oxygen atoms in total. The molecular weight excluding hydrogens is 567 g/mol. The number of anilines is 2. The minimum atomic E-state index is 0.0291. The highest BCUT2D eigenvalue weighted by molar-refractivity contribution is 8.00. The Bertz CT molecular complexity index is 1650. The molecule has 1 aliphatic heterocycles. The first kappa shape index (κ1) is 30.5. The quantitative estimate of drug-likeness (QED) is 0.138.